The second kappa shape index (κ2) is 6.50. The van der Waals surface area contributed by atoms with Gasteiger partial charge in [-0.1, -0.05) is 23.7 Å². The normalized spacial score (nSPS) is 10.5. The molecule has 1 aromatic heterocycles. The molecule has 100 valence electrons. The van der Waals surface area contributed by atoms with Crippen LogP contribution in [0.25, 0.3) is 0 Å². The summed E-state index contributed by atoms with van der Waals surface area (Å²) < 4.78 is 0. The predicted octanol–water partition coefficient (Wildman–Crippen LogP) is 2.27. The monoisotopic (exact) mass is 276 g/mol. The summed E-state index contributed by atoms with van der Waals surface area (Å²) in [7, 11) is 1.96. The van der Waals surface area contributed by atoms with Gasteiger partial charge in [0.1, 0.15) is 0 Å². The first-order valence-electron chi connectivity index (χ1n) is 6.15. The topological polar surface area (TPSA) is 55.0 Å². The predicted molar refractivity (Wildman–Crippen MR) is 78.3 cm³/mol. The molecule has 5 heteroatoms. The molecule has 2 aromatic rings. The Labute approximate surface area is 118 Å². The molecule has 0 spiro atoms. The van der Waals surface area contributed by atoms with E-state index in [1.807, 2.05) is 48.6 Å². The Bertz CT molecular complexity index is 527. The van der Waals surface area contributed by atoms with Crippen molar-refractivity contribution >= 4 is 17.5 Å². The van der Waals surface area contributed by atoms with Gasteiger partial charge in [0.25, 0.3) is 0 Å². The third kappa shape index (κ3) is 3.91. The van der Waals surface area contributed by atoms with E-state index in [4.69, 9.17) is 17.3 Å². The number of hydrogen-bond donors (Lipinski definition) is 1. The van der Waals surface area contributed by atoms with Crippen LogP contribution < -0.4 is 10.6 Å². The van der Waals surface area contributed by atoms with Crippen LogP contribution in [0.5, 0.6) is 0 Å². The minimum absolute atomic E-state index is 0.612. The number of nitrogens with two attached hydrogens (primary N) is 1. The van der Waals surface area contributed by atoms with Gasteiger partial charge in [-0.25, -0.2) is 9.97 Å². The lowest BCUT2D eigenvalue weighted by Crippen LogP contribution is -2.19. The van der Waals surface area contributed by atoms with Gasteiger partial charge in [0, 0.05) is 31.0 Å². The van der Waals surface area contributed by atoms with E-state index in [1.54, 1.807) is 0 Å². The van der Waals surface area contributed by atoms with E-state index in [0.29, 0.717) is 12.5 Å². The van der Waals surface area contributed by atoms with E-state index in [9.17, 15) is 0 Å². The van der Waals surface area contributed by atoms with Crippen molar-refractivity contribution < 1.29 is 0 Å². The van der Waals surface area contributed by atoms with Gasteiger partial charge < -0.3 is 10.6 Å². The van der Waals surface area contributed by atoms with Gasteiger partial charge in [-0.2, -0.15) is 0 Å². The van der Waals surface area contributed by atoms with Crippen molar-refractivity contribution in [3.8, 4) is 0 Å². The number of hydrogen-bond acceptors (Lipinski definition) is 4. The fourth-order valence-electron chi connectivity index (χ4n) is 1.82. The molecule has 1 heterocycles. The molecule has 2 rings (SSSR count). The average Bonchev–Trinajstić information content (AvgIpc) is 2.40. The van der Waals surface area contributed by atoms with Crippen molar-refractivity contribution in [2.24, 2.45) is 5.73 Å². The third-order valence-corrected chi connectivity index (χ3v) is 3.01. The van der Waals surface area contributed by atoms with Crippen molar-refractivity contribution in [2.45, 2.75) is 13.0 Å². The Morgan fingerprint density at radius 1 is 1.21 bits per heavy atom. The number of nitrogens with zero attached hydrogens (tertiary/aromatic N) is 3. The van der Waals surface area contributed by atoms with Crippen molar-refractivity contribution in [3.63, 3.8) is 0 Å². The highest BCUT2D eigenvalue weighted by Gasteiger charge is 2.05. The maximum atomic E-state index is 5.97. The van der Waals surface area contributed by atoms with E-state index in [-0.39, 0.29) is 0 Å². The minimum atomic E-state index is 0.612. The van der Waals surface area contributed by atoms with Crippen molar-refractivity contribution in [2.75, 3.05) is 18.5 Å². The maximum absolute atomic E-state index is 5.97. The molecule has 0 aliphatic carbocycles. The fourth-order valence-corrected chi connectivity index (χ4v) is 2.03. The van der Waals surface area contributed by atoms with Crippen LogP contribution in [0.15, 0.2) is 36.7 Å². The first kappa shape index (κ1) is 13.8. The number of aromatic nitrogens is 2. The van der Waals surface area contributed by atoms with Crippen molar-refractivity contribution in [1.82, 2.24) is 9.97 Å². The van der Waals surface area contributed by atoms with E-state index >= 15 is 0 Å². The van der Waals surface area contributed by atoms with E-state index in [0.717, 1.165) is 29.1 Å². The van der Waals surface area contributed by atoms with Crippen molar-refractivity contribution in [3.05, 3.63) is 52.8 Å². The van der Waals surface area contributed by atoms with Gasteiger partial charge >= 0.3 is 0 Å². The molecule has 0 atom stereocenters. The number of halogens is 1. The summed E-state index contributed by atoms with van der Waals surface area (Å²) in [5.74, 6) is 0.695. The van der Waals surface area contributed by atoms with Gasteiger partial charge in [-0.3, -0.25) is 0 Å². The zero-order chi connectivity index (χ0) is 13.7. The number of rotatable bonds is 5. The molecular formula is C14H17ClN4. The van der Waals surface area contributed by atoms with E-state index in [1.165, 1.54) is 0 Å². The first-order chi connectivity index (χ1) is 9.19. The molecule has 0 aliphatic heterocycles. The SMILES string of the molecule is CN(Cc1cccc(Cl)c1)c1ncc(CCN)cn1. The Morgan fingerprint density at radius 3 is 2.58 bits per heavy atom. The lowest BCUT2D eigenvalue weighted by Gasteiger charge is -2.17. The second-order valence-electron chi connectivity index (χ2n) is 4.42. The van der Waals surface area contributed by atoms with Crippen LogP contribution in [0.1, 0.15) is 11.1 Å². The summed E-state index contributed by atoms with van der Waals surface area (Å²) in [4.78, 5) is 10.7. The van der Waals surface area contributed by atoms with Crippen LogP contribution in [0.3, 0.4) is 0 Å². The summed E-state index contributed by atoms with van der Waals surface area (Å²) >= 11 is 5.97. The largest absolute Gasteiger partial charge is 0.340 e. The molecule has 1 aromatic carbocycles. The minimum Gasteiger partial charge on any atom is -0.340 e. The lowest BCUT2D eigenvalue weighted by molar-refractivity contribution is 0.853. The summed E-state index contributed by atoms with van der Waals surface area (Å²) in [6.07, 6.45) is 4.45. The molecule has 2 N–H and O–H groups in total. The summed E-state index contributed by atoms with van der Waals surface area (Å²) in [6.45, 7) is 1.33. The molecule has 0 saturated heterocycles. The van der Waals surface area contributed by atoms with E-state index < -0.39 is 0 Å². The van der Waals surface area contributed by atoms with Crippen LogP contribution in [0, 0.1) is 0 Å². The Hall–Kier alpha value is -1.65. The van der Waals surface area contributed by atoms with Crippen LogP contribution in [0.2, 0.25) is 5.02 Å². The average molecular weight is 277 g/mol. The summed E-state index contributed by atoms with van der Waals surface area (Å²) in [5, 5.41) is 0.741. The van der Waals surface area contributed by atoms with Crippen molar-refractivity contribution in [1.29, 1.82) is 0 Å². The van der Waals surface area contributed by atoms with Gasteiger partial charge in [-0.05, 0) is 36.2 Å². The second-order valence-corrected chi connectivity index (χ2v) is 4.85. The van der Waals surface area contributed by atoms with Crippen LogP contribution >= 0.6 is 11.6 Å². The summed E-state index contributed by atoms with van der Waals surface area (Å²) in [6, 6.07) is 7.78. The quantitative estimate of drug-likeness (QED) is 0.910. The molecule has 4 nitrogen and oxygen atoms in total. The third-order valence-electron chi connectivity index (χ3n) is 2.77. The zero-order valence-electron chi connectivity index (χ0n) is 10.9. The fraction of sp³-hybridized carbons (Fsp3) is 0.286. The lowest BCUT2D eigenvalue weighted by atomic mass is 10.2. The highest BCUT2D eigenvalue weighted by Crippen LogP contribution is 2.14. The molecule has 0 radical (unpaired) electrons. The Morgan fingerprint density at radius 2 is 1.95 bits per heavy atom. The van der Waals surface area contributed by atoms with Gasteiger partial charge in [0.15, 0.2) is 0 Å². The highest BCUT2D eigenvalue weighted by molar-refractivity contribution is 6.30. The molecular weight excluding hydrogens is 260 g/mol. The molecule has 0 bridgehead atoms. The molecule has 0 aliphatic rings. The number of benzene rings is 1. The van der Waals surface area contributed by atoms with Crippen LogP contribution in [0.4, 0.5) is 5.95 Å². The smallest absolute Gasteiger partial charge is 0.225 e. The van der Waals surface area contributed by atoms with Gasteiger partial charge in [-0.15, -0.1) is 0 Å². The Balaban J connectivity index is 2.05. The van der Waals surface area contributed by atoms with E-state index in [2.05, 4.69) is 9.97 Å². The molecule has 19 heavy (non-hydrogen) atoms. The number of anilines is 1. The highest BCUT2D eigenvalue weighted by atomic mass is 35.5. The molecule has 0 unspecified atom stereocenters. The molecule has 0 saturated carbocycles. The first-order valence-corrected chi connectivity index (χ1v) is 6.53. The molecule has 0 fully saturated rings. The maximum Gasteiger partial charge on any atom is 0.225 e. The van der Waals surface area contributed by atoms with Crippen LogP contribution in [-0.4, -0.2) is 23.6 Å². The summed E-state index contributed by atoms with van der Waals surface area (Å²) in [5.41, 5.74) is 7.68. The Kier molecular flexibility index (Phi) is 4.71. The van der Waals surface area contributed by atoms with Crippen LogP contribution in [-0.2, 0) is 13.0 Å². The molecule has 0 amide bonds. The standard InChI is InChI=1S/C14H17ClN4/c1-19(10-11-3-2-4-13(15)7-11)14-17-8-12(5-6-16)9-18-14/h2-4,7-9H,5-6,10,16H2,1H3. The van der Waals surface area contributed by atoms with Gasteiger partial charge in [0.2, 0.25) is 5.95 Å². The zero-order valence-corrected chi connectivity index (χ0v) is 11.6. The van der Waals surface area contributed by atoms with Gasteiger partial charge in [0.05, 0.1) is 0 Å².